The molecule has 3 rings (SSSR count). The number of carbonyl (C=O) groups is 1. The van der Waals surface area contributed by atoms with Crippen LogP contribution in [0.1, 0.15) is 28.8 Å². The van der Waals surface area contributed by atoms with Gasteiger partial charge in [0.05, 0.1) is 25.3 Å². The first-order chi connectivity index (χ1) is 13.8. The Morgan fingerprint density at radius 1 is 1.14 bits per heavy atom. The molecule has 0 spiro atoms. The van der Waals surface area contributed by atoms with E-state index in [1.165, 1.54) is 20.3 Å². The molecule has 1 aromatic heterocycles. The number of pyridine rings is 1. The normalized spacial score (nSPS) is 15.1. The number of carbonyl (C=O) groups excluding carboxylic acids is 1. The Bertz CT molecular complexity index is 848. The van der Waals surface area contributed by atoms with Crippen molar-refractivity contribution >= 4 is 11.7 Å². The zero-order chi connectivity index (χ0) is 21.0. The van der Waals surface area contributed by atoms with E-state index >= 15 is 0 Å². The third-order valence-electron chi connectivity index (χ3n) is 4.88. The number of hydrogen-bond acceptors (Lipinski definition) is 5. The molecule has 1 fully saturated rings. The first-order valence-corrected chi connectivity index (χ1v) is 9.13. The minimum atomic E-state index is -4.40. The molecule has 0 bridgehead atoms. The van der Waals surface area contributed by atoms with Gasteiger partial charge in [0.1, 0.15) is 5.82 Å². The van der Waals surface area contributed by atoms with Crippen molar-refractivity contribution in [1.82, 2.24) is 10.3 Å². The van der Waals surface area contributed by atoms with Crippen LogP contribution in [-0.4, -0.2) is 44.2 Å². The van der Waals surface area contributed by atoms with Crippen LogP contribution >= 0.6 is 0 Å². The molecule has 0 atom stereocenters. The highest BCUT2D eigenvalue weighted by Crippen LogP contribution is 2.31. The summed E-state index contributed by atoms with van der Waals surface area (Å²) in [6, 6.07) is 7.45. The summed E-state index contributed by atoms with van der Waals surface area (Å²) in [4.78, 5) is 18.5. The lowest BCUT2D eigenvalue weighted by Crippen LogP contribution is -2.45. The van der Waals surface area contributed by atoms with Crippen LogP contribution in [0.4, 0.5) is 19.0 Å². The van der Waals surface area contributed by atoms with Crippen LogP contribution in [0.25, 0.3) is 0 Å². The highest BCUT2D eigenvalue weighted by molar-refractivity contribution is 5.98. The predicted octanol–water partition coefficient (Wildman–Crippen LogP) is 3.52. The van der Waals surface area contributed by atoms with Gasteiger partial charge in [0.2, 0.25) is 0 Å². The SMILES string of the molecule is COc1cccc(C(=O)NC2CCN(c3ccc(C(F)(F)F)cn3)CC2)c1OC. The van der Waals surface area contributed by atoms with Gasteiger partial charge in [-0.3, -0.25) is 4.79 Å². The molecular weight excluding hydrogens is 387 g/mol. The maximum absolute atomic E-state index is 12.7. The smallest absolute Gasteiger partial charge is 0.417 e. The Labute approximate surface area is 166 Å². The van der Waals surface area contributed by atoms with E-state index in [-0.39, 0.29) is 11.9 Å². The molecule has 1 aliphatic heterocycles. The maximum Gasteiger partial charge on any atom is 0.417 e. The topological polar surface area (TPSA) is 63.7 Å². The summed E-state index contributed by atoms with van der Waals surface area (Å²) < 4.78 is 48.5. The highest BCUT2D eigenvalue weighted by Gasteiger charge is 2.31. The lowest BCUT2D eigenvalue weighted by Gasteiger charge is -2.33. The van der Waals surface area contributed by atoms with Gasteiger partial charge < -0.3 is 19.7 Å². The Hall–Kier alpha value is -2.97. The average molecular weight is 409 g/mol. The second kappa shape index (κ2) is 8.59. The van der Waals surface area contributed by atoms with E-state index in [0.29, 0.717) is 48.8 Å². The molecule has 1 aliphatic rings. The van der Waals surface area contributed by atoms with Gasteiger partial charge in [0.15, 0.2) is 11.5 Å². The third kappa shape index (κ3) is 4.72. The quantitative estimate of drug-likeness (QED) is 0.819. The lowest BCUT2D eigenvalue weighted by atomic mass is 10.0. The average Bonchev–Trinajstić information content (AvgIpc) is 2.73. The Morgan fingerprint density at radius 3 is 2.41 bits per heavy atom. The van der Waals surface area contributed by atoms with E-state index in [9.17, 15) is 18.0 Å². The van der Waals surface area contributed by atoms with Crippen LogP contribution in [0.15, 0.2) is 36.5 Å². The van der Waals surface area contributed by atoms with Crippen molar-refractivity contribution < 1.29 is 27.4 Å². The number of methoxy groups -OCH3 is 2. The largest absolute Gasteiger partial charge is 0.493 e. The molecule has 1 aromatic carbocycles. The summed E-state index contributed by atoms with van der Waals surface area (Å²) in [5.41, 5.74) is -0.380. The van der Waals surface area contributed by atoms with Crippen molar-refractivity contribution in [3.8, 4) is 11.5 Å². The molecule has 0 saturated carbocycles. The molecule has 6 nitrogen and oxygen atoms in total. The molecule has 156 valence electrons. The zero-order valence-corrected chi connectivity index (χ0v) is 16.1. The van der Waals surface area contributed by atoms with Crippen LogP contribution in [0, 0.1) is 0 Å². The number of hydrogen-bond donors (Lipinski definition) is 1. The lowest BCUT2D eigenvalue weighted by molar-refractivity contribution is -0.137. The number of halogens is 3. The number of para-hydroxylation sites is 1. The number of amides is 1. The van der Waals surface area contributed by atoms with Gasteiger partial charge in [-0.25, -0.2) is 4.98 Å². The predicted molar refractivity (Wildman–Crippen MR) is 101 cm³/mol. The summed E-state index contributed by atoms with van der Waals surface area (Å²) in [6.45, 7) is 1.16. The number of rotatable bonds is 5. The van der Waals surface area contributed by atoms with E-state index in [1.54, 1.807) is 18.2 Å². The number of ether oxygens (including phenoxy) is 2. The van der Waals surface area contributed by atoms with Gasteiger partial charge in [-0.1, -0.05) is 6.07 Å². The molecule has 1 saturated heterocycles. The number of nitrogens with one attached hydrogen (secondary N) is 1. The van der Waals surface area contributed by atoms with Gasteiger partial charge in [0.25, 0.3) is 5.91 Å². The van der Waals surface area contributed by atoms with Crippen LogP contribution in [-0.2, 0) is 6.18 Å². The van der Waals surface area contributed by atoms with Crippen molar-refractivity contribution in [1.29, 1.82) is 0 Å². The molecule has 0 unspecified atom stereocenters. The molecule has 0 radical (unpaired) electrons. The fraction of sp³-hybridized carbons (Fsp3) is 0.400. The Kier molecular flexibility index (Phi) is 6.14. The first-order valence-electron chi connectivity index (χ1n) is 9.13. The van der Waals surface area contributed by atoms with E-state index < -0.39 is 11.7 Å². The maximum atomic E-state index is 12.7. The van der Waals surface area contributed by atoms with Crippen molar-refractivity contribution in [2.45, 2.75) is 25.1 Å². The van der Waals surface area contributed by atoms with Crippen molar-refractivity contribution in [3.63, 3.8) is 0 Å². The number of alkyl halides is 3. The summed E-state index contributed by atoms with van der Waals surface area (Å²) in [5.74, 6) is 1.09. The van der Waals surface area contributed by atoms with E-state index in [0.717, 1.165) is 12.3 Å². The fourth-order valence-electron chi connectivity index (χ4n) is 3.32. The second-order valence-electron chi connectivity index (χ2n) is 6.68. The fourth-order valence-corrected chi connectivity index (χ4v) is 3.32. The number of nitrogens with zero attached hydrogens (tertiary/aromatic N) is 2. The summed E-state index contributed by atoms with van der Waals surface area (Å²) in [5, 5.41) is 2.99. The van der Waals surface area contributed by atoms with E-state index in [2.05, 4.69) is 10.3 Å². The minimum absolute atomic E-state index is 0.0518. The van der Waals surface area contributed by atoms with E-state index in [1.807, 2.05) is 4.90 Å². The highest BCUT2D eigenvalue weighted by atomic mass is 19.4. The van der Waals surface area contributed by atoms with Gasteiger partial charge >= 0.3 is 6.18 Å². The molecule has 1 N–H and O–H groups in total. The summed E-state index contributed by atoms with van der Waals surface area (Å²) >= 11 is 0. The third-order valence-corrected chi connectivity index (χ3v) is 4.88. The van der Waals surface area contributed by atoms with Gasteiger partial charge in [-0.2, -0.15) is 13.2 Å². The van der Waals surface area contributed by atoms with E-state index in [4.69, 9.17) is 9.47 Å². The standard InChI is InChI=1S/C20H22F3N3O3/c1-28-16-5-3-4-15(18(16)29-2)19(27)25-14-8-10-26(11-9-14)17-7-6-13(12-24-17)20(21,22)23/h3-7,12,14H,8-11H2,1-2H3,(H,25,27). The van der Waals surface area contributed by atoms with Crippen LogP contribution in [0.2, 0.25) is 0 Å². The van der Waals surface area contributed by atoms with Crippen molar-refractivity contribution in [3.05, 3.63) is 47.7 Å². The van der Waals surface area contributed by atoms with Crippen LogP contribution in [0.3, 0.4) is 0 Å². The molecular formula is C20H22F3N3O3. The minimum Gasteiger partial charge on any atom is -0.493 e. The van der Waals surface area contributed by atoms with Gasteiger partial charge in [-0.05, 0) is 37.1 Å². The monoisotopic (exact) mass is 409 g/mol. The van der Waals surface area contributed by atoms with Gasteiger partial charge in [0, 0.05) is 25.3 Å². The Morgan fingerprint density at radius 2 is 1.86 bits per heavy atom. The summed E-state index contributed by atoms with van der Waals surface area (Å²) in [6.07, 6.45) is -2.25. The zero-order valence-electron chi connectivity index (χ0n) is 16.1. The second-order valence-corrected chi connectivity index (χ2v) is 6.68. The number of aromatic nitrogens is 1. The molecule has 1 amide bonds. The van der Waals surface area contributed by atoms with Crippen LogP contribution in [0.5, 0.6) is 11.5 Å². The Balaban J connectivity index is 1.60. The first kappa shape index (κ1) is 20.8. The molecule has 29 heavy (non-hydrogen) atoms. The van der Waals surface area contributed by atoms with Crippen LogP contribution < -0.4 is 19.7 Å². The number of anilines is 1. The van der Waals surface area contributed by atoms with Crippen molar-refractivity contribution in [2.75, 3.05) is 32.2 Å². The molecule has 2 aromatic rings. The van der Waals surface area contributed by atoms with Crippen molar-refractivity contribution in [2.24, 2.45) is 0 Å². The number of piperidine rings is 1. The van der Waals surface area contributed by atoms with Gasteiger partial charge in [-0.15, -0.1) is 0 Å². The molecule has 9 heteroatoms. The number of benzene rings is 1. The molecule has 2 heterocycles. The summed E-state index contributed by atoms with van der Waals surface area (Å²) in [7, 11) is 2.98. The molecule has 0 aliphatic carbocycles.